The summed E-state index contributed by atoms with van der Waals surface area (Å²) < 4.78 is 27.0. The maximum atomic E-state index is 10.6. The Hall–Kier alpha value is -0.640. The molecule has 3 heterocycles. The van der Waals surface area contributed by atoms with Crippen LogP contribution in [0.1, 0.15) is 0 Å². The first-order valence-electron chi connectivity index (χ1n) is 10.6. The molecule has 0 aromatic rings. The van der Waals surface area contributed by atoms with Gasteiger partial charge in [-0.25, -0.2) is 0 Å². The minimum atomic E-state index is -2.43. The summed E-state index contributed by atoms with van der Waals surface area (Å²) in [6.45, 7) is -3.49. The standard InChI is InChI=1S/C18H32O16/c19-1-5-8(23)11(26)13(28)16(30-5)32-15-10(25)7(3-21)33-18(15,4-22)34-17-14(29)12(27)9(24)6(2-20)31-17/h5-17,19-29H,1-4H2/t5-,6-,7-,8-,9-,10-,11+,12+,13-,14-,15+,16+,17-,18+/m1/s1. The van der Waals surface area contributed by atoms with Gasteiger partial charge in [0.05, 0.1) is 19.8 Å². The second-order valence-electron chi connectivity index (χ2n) is 8.37. The molecule has 0 radical (unpaired) electrons. The smallest absolute Gasteiger partial charge is 0.224 e. The Kier molecular flexibility index (Phi) is 9.18. The van der Waals surface area contributed by atoms with Crippen LogP contribution in [-0.2, 0) is 23.7 Å². The molecule has 11 N–H and O–H groups in total. The Morgan fingerprint density at radius 1 is 0.559 bits per heavy atom. The van der Waals surface area contributed by atoms with E-state index in [1.165, 1.54) is 0 Å². The van der Waals surface area contributed by atoms with Crippen LogP contribution in [0.2, 0.25) is 0 Å². The molecule has 3 aliphatic heterocycles. The van der Waals surface area contributed by atoms with Crippen molar-refractivity contribution in [2.24, 2.45) is 0 Å². The Labute approximate surface area is 192 Å². The van der Waals surface area contributed by atoms with Gasteiger partial charge < -0.3 is 79.9 Å². The molecule has 0 saturated carbocycles. The molecule has 0 spiro atoms. The average molecular weight is 504 g/mol. The summed E-state index contributed by atoms with van der Waals surface area (Å²) in [6, 6.07) is 0. The zero-order valence-corrected chi connectivity index (χ0v) is 17.8. The maximum absolute atomic E-state index is 10.6. The van der Waals surface area contributed by atoms with E-state index in [0.717, 1.165) is 0 Å². The van der Waals surface area contributed by atoms with E-state index < -0.39 is 112 Å². The summed E-state index contributed by atoms with van der Waals surface area (Å²) in [7, 11) is 0. The summed E-state index contributed by atoms with van der Waals surface area (Å²) >= 11 is 0. The lowest BCUT2D eigenvalue weighted by Crippen LogP contribution is -2.64. The van der Waals surface area contributed by atoms with Crippen molar-refractivity contribution in [3.63, 3.8) is 0 Å². The van der Waals surface area contributed by atoms with Crippen LogP contribution in [0.15, 0.2) is 0 Å². The molecule has 3 rings (SSSR count). The Morgan fingerprint density at radius 3 is 1.50 bits per heavy atom. The average Bonchev–Trinajstić information content (AvgIpc) is 3.10. The van der Waals surface area contributed by atoms with Gasteiger partial charge in [-0.3, -0.25) is 0 Å². The molecule has 0 bridgehead atoms. The first-order chi connectivity index (χ1) is 16.0. The van der Waals surface area contributed by atoms with E-state index >= 15 is 0 Å². The largest absolute Gasteiger partial charge is 0.394 e. The van der Waals surface area contributed by atoms with Crippen molar-refractivity contribution >= 4 is 0 Å². The zero-order chi connectivity index (χ0) is 25.4. The fourth-order valence-corrected chi connectivity index (χ4v) is 4.12. The molecular weight excluding hydrogens is 472 g/mol. The highest BCUT2D eigenvalue weighted by Crippen LogP contribution is 2.39. The molecule has 200 valence electrons. The van der Waals surface area contributed by atoms with Crippen LogP contribution < -0.4 is 0 Å². The normalized spacial score (nSPS) is 52.1. The van der Waals surface area contributed by atoms with E-state index in [0.29, 0.717) is 0 Å². The molecule has 3 aliphatic rings. The lowest BCUT2D eigenvalue weighted by molar-refractivity contribution is -0.400. The maximum Gasteiger partial charge on any atom is 0.224 e. The van der Waals surface area contributed by atoms with Crippen LogP contribution in [0.3, 0.4) is 0 Å². The van der Waals surface area contributed by atoms with Crippen LogP contribution in [-0.4, -0.2) is 168 Å². The van der Waals surface area contributed by atoms with E-state index in [1.54, 1.807) is 0 Å². The second kappa shape index (κ2) is 11.2. The molecule has 3 fully saturated rings. The molecule has 3 saturated heterocycles. The zero-order valence-electron chi connectivity index (χ0n) is 17.8. The van der Waals surface area contributed by atoms with Crippen molar-refractivity contribution in [1.82, 2.24) is 0 Å². The molecule has 16 nitrogen and oxygen atoms in total. The van der Waals surface area contributed by atoms with Crippen molar-refractivity contribution < 1.29 is 79.9 Å². The number of rotatable bonds is 8. The number of ether oxygens (including phenoxy) is 5. The van der Waals surface area contributed by atoms with Gasteiger partial charge in [-0.1, -0.05) is 0 Å². The summed E-state index contributed by atoms with van der Waals surface area (Å²) in [5.74, 6) is -2.43. The van der Waals surface area contributed by atoms with Gasteiger partial charge in [0, 0.05) is 0 Å². The Morgan fingerprint density at radius 2 is 1.03 bits per heavy atom. The molecule has 0 amide bonds. The molecule has 16 heteroatoms. The quantitative estimate of drug-likeness (QED) is 0.146. The first-order valence-corrected chi connectivity index (χ1v) is 10.6. The molecule has 0 aliphatic carbocycles. The second-order valence-corrected chi connectivity index (χ2v) is 8.37. The number of hydrogen-bond donors (Lipinski definition) is 11. The van der Waals surface area contributed by atoms with E-state index in [-0.39, 0.29) is 0 Å². The van der Waals surface area contributed by atoms with Crippen LogP contribution in [0.25, 0.3) is 0 Å². The highest BCUT2D eigenvalue weighted by molar-refractivity contribution is 5.01. The Balaban J connectivity index is 1.87. The van der Waals surface area contributed by atoms with Gasteiger partial charge in [-0.2, -0.15) is 0 Å². The summed E-state index contributed by atoms with van der Waals surface area (Å²) in [4.78, 5) is 0. The highest BCUT2D eigenvalue weighted by atomic mass is 16.8. The van der Waals surface area contributed by atoms with Gasteiger partial charge >= 0.3 is 0 Å². The number of hydrogen-bond acceptors (Lipinski definition) is 16. The van der Waals surface area contributed by atoms with E-state index in [9.17, 15) is 56.2 Å². The lowest BCUT2D eigenvalue weighted by atomic mass is 9.98. The lowest BCUT2D eigenvalue weighted by Gasteiger charge is -2.45. The van der Waals surface area contributed by atoms with Crippen molar-refractivity contribution in [1.29, 1.82) is 0 Å². The summed E-state index contributed by atoms with van der Waals surface area (Å²) in [5, 5.41) is 109. The minimum absolute atomic E-state index is 0.777. The molecule has 0 unspecified atom stereocenters. The third-order valence-electron chi connectivity index (χ3n) is 6.17. The van der Waals surface area contributed by atoms with E-state index in [2.05, 4.69) is 0 Å². The van der Waals surface area contributed by atoms with Crippen molar-refractivity contribution in [2.75, 3.05) is 26.4 Å². The predicted molar refractivity (Wildman–Crippen MR) is 101 cm³/mol. The van der Waals surface area contributed by atoms with E-state index in [1.807, 2.05) is 0 Å². The topological polar surface area (TPSA) is 269 Å². The highest BCUT2D eigenvalue weighted by Gasteiger charge is 2.61. The summed E-state index contributed by atoms with van der Waals surface area (Å²) in [6.07, 6.45) is -22.3. The fraction of sp³-hybridized carbons (Fsp3) is 1.00. The van der Waals surface area contributed by atoms with Crippen molar-refractivity contribution in [3.8, 4) is 0 Å². The van der Waals surface area contributed by atoms with Crippen LogP contribution in [0.4, 0.5) is 0 Å². The first kappa shape index (κ1) is 27.9. The van der Waals surface area contributed by atoms with Gasteiger partial charge in [0.15, 0.2) is 12.6 Å². The predicted octanol–water partition coefficient (Wildman–Crippen LogP) is -7.57. The third-order valence-corrected chi connectivity index (χ3v) is 6.17. The van der Waals surface area contributed by atoms with Gasteiger partial charge in [-0.05, 0) is 0 Å². The molecule has 14 atom stereocenters. The van der Waals surface area contributed by atoms with Gasteiger partial charge in [0.2, 0.25) is 5.79 Å². The monoisotopic (exact) mass is 504 g/mol. The molecular formula is C18H32O16. The molecule has 0 aromatic heterocycles. The van der Waals surface area contributed by atoms with Crippen molar-refractivity contribution in [2.45, 2.75) is 85.5 Å². The minimum Gasteiger partial charge on any atom is -0.394 e. The van der Waals surface area contributed by atoms with Crippen LogP contribution in [0.5, 0.6) is 0 Å². The Bertz CT molecular complexity index is 651. The van der Waals surface area contributed by atoms with Gasteiger partial charge in [0.25, 0.3) is 0 Å². The van der Waals surface area contributed by atoms with Crippen LogP contribution in [0, 0.1) is 0 Å². The van der Waals surface area contributed by atoms with Gasteiger partial charge in [-0.15, -0.1) is 0 Å². The number of aliphatic hydroxyl groups is 11. The fourth-order valence-electron chi connectivity index (χ4n) is 4.12. The molecule has 0 aromatic carbocycles. The van der Waals surface area contributed by atoms with Crippen LogP contribution >= 0.6 is 0 Å². The SMILES string of the molecule is OC[C@H]1O[C@@](CO)(O[C@H]2O[C@H](CO)[C@@H](O)[C@H](O)[C@H]2O)[C@@H](O[C@@H]2O[C@H](CO)[C@@H](O)[C@H](O)[C@H]2O)[C@@H]1O. The summed E-state index contributed by atoms with van der Waals surface area (Å²) in [5.41, 5.74) is 0. The van der Waals surface area contributed by atoms with Gasteiger partial charge in [0.1, 0.15) is 73.8 Å². The van der Waals surface area contributed by atoms with Crippen molar-refractivity contribution in [3.05, 3.63) is 0 Å². The molecule has 34 heavy (non-hydrogen) atoms. The number of aliphatic hydroxyl groups excluding tert-OH is 11. The third kappa shape index (κ3) is 4.96. The van der Waals surface area contributed by atoms with E-state index in [4.69, 9.17) is 23.7 Å².